The van der Waals surface area contributed by atoms with Gasteiger partial charge in [-0.15, -0.1) is 0 Å². The lowest BCUT2D eigenvalue weighted by atomic mass is 9.87. The van der Waals surface area contributed by atoms with Crippen molar-refractivity contribution in [2.45, 2.75) is 58.2 Å². The molecule has 2 aromatic rings. The Kier molecular flexibility index (Phi) is 5.56. The van der Waals surface area contributed by atoms with E-state index >= 15 is 0 Å². The zero-order valence-electron chi connectivity index (χ0n) is 15.8. The Morgan fingerprint density at radius 1 is 0.962 bits per heavy atom. The largest absolute Gasteiger partial charge is 0.381 e. The molecular weight excluding hydrogens is 344 g/mol. The number of nitrogens with one attached hydrogen (secondary N) is 2. The molecule has 1 aliphatic rings. The predicted octanol–water partition coefficient (Wildman–Crippen LogP) is 4.64. The van der Waals surface area contributed by atoms with Crippen molar-refractivity contribution >= 4 is 21.4 Å². The van der Waals surface area contributed by atoms with E-state index in [4.69, 9.17) is 0 Å². The summed E-state index contributed by atoms with van der Waals surface area (Å²) in [5, 5.41) is 3.12. The Bertz CT molecular complexity index is 872. The Morgan fingerprint density at radius 2 is 1.62 bits per heavy atom. The van der Waals surface area contributed by atoms with Gasteiger partial charge in [-0.2, -0.15) is 0 Å². The number of fused-ring (bicyclic) bond motifs is 1. The van der Waals surface area contributed by atoms with E-state index in [0.717, 1.165) is 18.5 Å². The number of hydrogen-bond acceptors (Lipinski definition) is 3. The molecule has 4 nitrogen and oxygen atoms in total. The lowest BCUT2D eigenvalue weighted by Gasteiger charge is -2.22. The van der Waals surface area contributed by atoms with E-state index in [1.807, 2.05) is 24.3 Å². The molecule has 2 aromatic carbocycles. The fourth-order valence-corrected chi connectivity index (χ4v) is 4.08. The third-order valence-electron chi connectivity index (χ3n) is 5.09. The lowest BCUT2D eigenvalue weighted by molar-refractivity contribution is 0.593. The quantitative estimate of drug-likeness (QED) is 0.777. The maximum atomic E-state index is 11.9. The van der Waals surface area contributed by atoms with Crippen LogP contribution in [0.4, 0.5) is 11.4 Å². The highest BCUT2D eigenvalue weighted by Crippen LogP contribution is 2.30. The van der Waals surface area contributed by atoms with Crippen molar-refractivity contribution in [3.63, 3.8) is 0 Å². The molecule has 0 radical (unpaired) electrons. The normalized spacial score (nSPS) is 14.2. The van der Waals surface area contributed by atoms with Gasteiger partial charge in [-0.3, -0.25) is 4.72 Å². The van der Waals surface area contributed by atoms with Crippen LogP contribution in [0, 0.1) is 6.92 Å². The van der Waals surface area contributed by atoms with Gasteiger partial charge in [-0.05, 0) is 86.9 Å². The zero-order chi connectivity index (χ0) is 18.7. The predicted molar refractivity (Wildman–Crippen MR) is 109 cm³/mol. The molecular formula is C21H28N2O2S. The van der Waals surface area contributed by atoms with Gasteiger partial charge in [0.15, 0.2) is 0 Å². The van der Waals surface area contributed by atoms with Crippen LogP contribution >= 0.6 is 0 Å². The number of aryl methyl sites for hydroxylation is 1. The van der Waals surface area contributed by atoms with Crippen molar-refractivity contribution in [3.8, 4) is 0 Å². The molecule has 0 saturated heterocycles. The van der Waals surface area contributed by atoms with Crippen molar-refractivity contribution in [3.05, 3.63) is 58.7 Å². The molecule has 26 heavy (non-hydrogen) atoms. The first-order valence-electron chi connectivity index (χ1n) is 9.32. The molecule has 5 heteroatoms. The second-order valence-electron chi connectivity index (χ2n) is 7.34. The number of benzene rings is 2. The van der Waals surface area contributed by atoms with Crippen LogP contribution in [0.5, 0.6) is 0 Å². The number of sulfonamides is 1. The van der Waals surface area contributed by atoms with Gasteiger partial charge in [-0.1, -0.05) is 18.2 Å². The minimum Gasteiger partial charge on any atom is -0.381 e. The van der Waals surface area contributed by atoms with E-state index in [9.17, 15) is 8.42 Å². The van der Waals surface area contributed by atoms with Crippen LogP contribution in [-0.2, 0) is 29.4 Å². The summed E-state index contributed by atoms with van der Waals surface area (Å²) in [7, 11) is -3.30. The minimum atomic E-state index is -3.30. The van der Waals surface area contributed by atoms with E-state index < -0.39 is 15.3 Å². The van der Waals surface area contributed by atoms with Gasteiger partial charge in [0.1, 0.15) is 0 Å². The van der Waals surface area contributed by atoms with Gasteiger partial charge >= 0.3 is 0 Å². The summed E-state index contributed by atoms with van der Waals surface area (Å²) >= 11 is 0. The highest BCUT2D eigenvalue weighted by molar-refractivity contribution is 7.93. The van der Waals surface area contributed by atoms with Crippen LogP contribution in [0.3, 0.4) is 0 Å². The van der Waals surface area contributed by atoms with Gasteiger partial charge < -0.3 is 5.32 Å². The summed E-state index contributed by atoms with van der Waals surface area (Å²) in [6.07, 6.45) is 4.87. The highest BCUT2D eigenvalue weighted by atomic mass is 32.2. The van der Waals surface area contributed by atoms with Gasteiger partial charge in [0.2, 0.25) is 10.0 Å². The maximum absolute atomic E-state index is 11.9. The Hall–Kier alpha value is -2.01. The van der Waals surface area contributed by atoms with Crippen molar-refractivity contribution < 1.29 is 8.42 Å². The van der Waals surface area contributed by atoms with Gasteiger partial charge in [0.25, 0.3) is 0 Å². The topological polar surface area (TPSA) is 58.2 Å². The summed E-state index contributed by atoms with van der Waals surface area (Å²) in [6.45, 7) is 6.27. The van der Waals surface area contributed by atoms with Crippen molar-refractivity contribution in [1.29, 1.82) is 0 Å². The number of hydrogen-bond donors (Lipinski definition) is 2. The summed E-state index contributed by atoms with van der Waals surface area (Å²) in [4.78, 5) is 0. The monoisotopic (exact) mass is 372 g/mol. The van der Waals surface area contributed by atoms with Crippen LogP contribution in [0.2, 0.25) is 0 Å². The molecule has 0 unspecified atom stereocenters. The Labute approximate surface area is 157 Å². The molecule has 3 rings (SSSR count). The summed E-state index contributed by atoms with van der Waals surface area (Å²) in [5.41, 5.74) is 7.34. The number of anilines is 2. The smallest absolute Gasteiger partial charge is 0.235 e. The molecule has 0 fully saturated rings. The number of rotatable bonds is 6. The second-order valence-corrected chi connectivity index (χ2v) is 9.58. The molecule has 0 amide bonds. The molecule has 0 bridgehead atoms. The first-order valence-corrected chi connectivity index (χ1v) is 10.9. The first-order chi connectivity index (χ1) is 12.4. The Morgan fingerprint density at radius 3 is 2.27 bits per heavy atom. The fourth-order valence-electron chi connectivity index (χ4n) is 3.38. The average molecular weight is 373 g/mol. The molecule has 0 aromatic heterocycles. The van der Waals surface area contributed by atoms with E-state index in [2.05, 4.69) is 29.1 Å². The van der Waals surface area contributed by atoms with Crippen molar-refractivity contribution in [1.82, 2.24) is 0 Å². The molecule has 2 N–H and O–H groups in total. The van der Waals surface area contributed by atoms with Gasteiger partial charge in [0.05, 0.1) is 5.25 Å². The average Bonchev–Trinajstić information content (AvgIpc) is 2.62. The standard InChI is InChI=1S/C21H28N2O2S/c1-15(2)26(24,25)23-18-11-9-17(10-12-18)14-22-21-13-8-16(3)19-6-4-5-7-20(19)21/h8-13,15,22-23H,4-7,14H2,1-3H3. The second kappa shape index (κ2) is 7.70. The van der Waals surface area contributed by atoms with Crippen molar-refractivity contribution in [2.24, 2.45) is 0 Å². The molecule has 0 atom stereocenters. The molecule has 140 valence electrons. The lowest BCUT2D eigenvalue weighted by Crippen LogP contribution is -2.22. The van der Waals surface area contributed by atoms with Crippen LogP contribution < -0.4 is 10.0 Å². The van der Waals surface area contributed by atoms with Crippen LogP contribution in [0.25, 0.3) is 0 Å². The van der Waals surface area contributed by atoms with E-state index in [1.54, 1.807) is 13.8 Å². The maximum Gasteiger partial charge on any atom is 0.235 e. The molecule has 0 spiro atoms. The Balaban J connectivity index is 1.68. The molecule has 0 heterocycles. The van der Waals surface area contributed by atoms with E-state index in [0.29, 0.717) is 5.69 Å². The van der Waals surface area contributed by atoms with E-state index in [1.165, 1.54) is 41.6 Å². The summed E-state index contributed by atoms with van der Waals surface area (Å²) in [6, 6.07) is 12.0. The summed E-state index contributed by atoms with van der Waals surface area (Å²) in [5.74, 6) is 0. The molecule has 1 aliphatic carbocycles. The molecule has 0 saturated carbocycles. The fraction of sp³-hybridized carbons (Fsp3) is 0.429. The van der Waals surface area contributed by atoms with Crippen LogP contribution in [0.15, 0.2) is 36.4 Å². The SMILES string of the molecule is Cc1ccc(NCc2ccc(NS(=O)(=O)C(C)C)cc2)c2c1CCCC2. The summed E-state index contributed by atoms with van der Waals surface area (Å²) < 4.78 is 26.5. The van der Waals surface area contributed by atoms with Gasteiger partial charge in [0, 0.05) is 17.9 Å². The van der Waals surface area contributed by atoms with Crippen LogP contribution in [-0.4, -0.2) is 13.7 Å². The highest BCUT2D eigenvalue weighted by Gasteiger charge is 2.16. The third-order valence-corrected chi connectivity index (χ3v) is 6.85. The van der Waals surface area contributed by atoms with Crippen molar-refractivity contribution in [2.75, 3.05) is 10.0 Å². The van der Waals surface area contributed by atoms with E-state index in [-0.39, 0.29) is 0 Å². The van der Waals surface area contributed by atoms with Gasteiger partial charge in [-0.25, -0.2) is 8.42 Å². The zero-order valence-corrected chi connectivity index (χ0v) is 16.6. The minimum absolute atomic E-state index is 0.448. The first kappa shape index (κ1) is 18.8. The molecule has 0 aliphatic heterocycles. The third kappa shape index (κ3) is 4.21. The van der Waals surface area contributed by atoms with Crippen LogP contribution in [0.1, 0.15) is 48.9 Å².